The number of nitrogens with zero attached hydrogens (tertiary/aromatic N) is 4. The number of aliphatic imine (C=N–C) groups is 1. The molecule has 168 valence electrons. The lowest BCUT2D eigenvalue weighted by molar-refractivity contribution is -0.127. The van der Waals surface area contributed by atoms with Crippen molar-refractivity contribution in [2.75, 3.05) is 80.2 Å². The Labute approximate surface area is 178 Å². The number of piperazine rings is 1. The molecule has 0 radical (unpaired) electrons. The molecule has 0 unspecified atom stereocenters. The molecule has 1 aromatic rings. The van der Waals surface area contributed by atoms with Crippen molar-refractivity contribution in [2.24, 2.45) is 4.99 Å². The van der Waals surface area contributed by atoms with E-state index in [1.165, 1.54) is 4.90 Å². The van der Waals surface area contributed by atoms with E-state index >= 15 is 0 Å². The molecule has 1 aliphatic rings. The highest BCUT2D eigenvalue weighted by molar-refractivity contribution is 5.85. The first-order valence-electron chi connectivity index (χ1n) is 10.2. The topological polar surface area (TPSA) is 103 Å². The first-order chi connectivity index (χ1) is 14.5. The Morgan fingerprint density at radius 3 is 2.60 bits per heavy atom. The minimum Gasteiger partial charge on any atom is -0.469 e. The Bertz CT molecular complexity index is 669. The molecule has 0 saturated carbocycles. The largest absolute Gasteiger partial charge is 0.469 e. The smallest absolute Gasteiger partial charge is 0.243 e. The number of carbonyl (C=O) groups excluding carboxylic acids is 2. The van der Waals surface area contributed by atoms with E-state index in [9.17, 15) is 9.59 Å². The van der Waals surface area contributed by atoms with E-state index in [1.807, 2.05) is 12.1 Å². The number of amides is 2. The van der Waals surface area contributed by atoms with Crippen molar-refractivity contribution in [3.8, 4) is 0 Å². The molecular weight excluding hydrogens is 388 g/mol. The summed E-state index contributed by atoms with van der Waals surface area (Å²) in [7, 11) is 5.05. The second-order valence-corrected chi connectivity index (χ2v) is 7.29. The number of hydrogen-bond acceptors (Lipinski definition) is 6. The Hall–Kier alpha value is -2.59. The van der Waals surface area contributed by atoms with Crippen LogP contribution in [0, 0.1) is 0 Å². The maximum Gasteiger partial charge on any atom is 0.243 e. The van der Waals surface area contributed by atoms with Crippen LogP contribution < -0.4 is 10.6 Å². The average molecular weight is 423 g/mol. The van der Waals surface area contributed by atoms with Gasteiger partial charge in [0.15, 0.2) is 5.96 Å². The molecule has 2 amide bonds. The van der Waals surface area contributed by atoms with E-state index in [2.05, 4.69) is 25.4 Å². The molecule has 2 heterocycles. The van der Waals surface area contributed by atoms with Crippen LogP contribution in [-0.2, 0) is 20.7 Å². The molecule has 0 aromatic carbocycles. The van der Waals surface area contributed by atoms with Crippen LogP contribution in [-0.4, -0.2) is 113 Å². The van der Waals surface area contributed by atoms with Crippen LogP contribution in [0.15, 0.2) is 27.8 Å². The molecular formula is C20H34N6O4. The van der Waals surface area contributed by atoms with Crippen molar-refractivity contribution < 1.29 is 18.7 Å². The third-order valence-corrected chi connectivity index (χ3v) is 4.76. The highest BCUT2D eigenvalue weighted by atomic mass is 16.5. The van der Waals surface area contributed by atoms with E-state index in [-0.39, 0.29) is 18.4 Å². The van der Waals surface area contributed by atoms with Crippen LogP contribution in [0.2, 0.25) is 0 Å². The minimum atomic E-state index is -0.0494. The monoisotopic (exact) mass is 422 g/mol. The van der Waals surface area contributed by atoms with Gasteiger partial charge in [-0.1, -0.05) is 0 Å². The number of methoxy groups -OCH3 is 1. The lowest BCUT2D eigenvalue weighted by Gasteiger charge is -2.36. The SMILES string of the molecule is COCCNC(=O)CN1CCN(C(=NCC(=O)N(C)C)NCCc2ccco2)CC1. The quantitative estimate of drug-likeness (QED) is 0.290. The normalized spacial score (nSPS) is 15.2. The van der Waals surface area contributed by atoms with Crippen molar-refractivity contribution in [3.63, 3.8) is 0 Å². The van der Waals surface area contributed by atoms with Gasteiger partial charge in [-0.2, -0.15) is 0 Å². The summed E-state index contributed by atoms with van der Waals surface area (Å²) in [6.45, 7) is 5.11. The Morgan fingerprint density at radius 2 is 1.97 bits per heavy atom. The number of rotatable bonds is 10. The summed E-state index contributed by atoms with van der Waals surface area (Å²) in [4.78, 5) is 34.3. The lowest BCUT2D eigenvalue weighted by atomic mass is 10.3. The van der Waals surface area contributed by atoms with Crippen molar-refractivity contribution in [2.45, 2.75) is 6.42 Å². The average Bonchev–Trinajstić information content (AvgIpc) is 3.24. The number of furan rings is 1. The van der Waals surface area contributed by atoms with Crippen LogP contribution in [0.3, 0.4) is 0 Å². The number of nitrogens with one attached hydrogen (secondary N) is 2. The number of carbonyl (C=O) groups is 2. The van der Waals surface area contributed by atoms with Gasteiger partial charge >= 0.3 is 0 Å². The summed E-state index contributed by atoms with van der Waals surface area (Å²) in [5, 5.41) is 6.19. The zero-order valence-electron chi connectivity index (χ0n) is 18.2. The van der Waals surface area contributed by atoms with Crippen LogP contribution in [0.25, 0.3) is 0 Å². The van der Waals surface area contributed by atoms with Crippen molar-refractivity contribution in [1.82, 2.24) is 25.3 Å². The molecule has 10 heteroatoms. The zero-order chi connectivity index (χ0) is 21.8. The predicted octanol–water partition coefficient (Wildman–Crippen LogP) is -0.764. The summed E-state index contributed by atoms with van der Waals surface area (Å²) in [5.41, 5.74) is 0. The van der Waals surface area contributed by atoms with Gasteiger partial charge in [0.1, 0.15) is 12.3 Å². The third-order valence-electron chi connectivity index (χ3n) is 4.76. The van der Waals surface area contributed by atoms with Gasteiger partial charge in [0.25, 0.3) is 0 Å². The number of guanidine groups is 1. The predicted molar refractivity (Wildman–Crippen MR) is 114 cm³/mol. The minimum absolute atomic E-state index is 0.00235. The summed E-state index contributed by atoms with van der Waals surface area (Å²) in [6, 6.07) is 3.80. The molecule has 10 nitrogen and oxygen atoms in total. The van der Waals surface area contributed by atoms with Crippen LogP contribution in [0.4, 0.5) is 0 Å². The van der Waals surface area contributed by atoms with Crippen LogP contribution in [0.5, 0.6) is 0 Å². The standard InChI is InChI=1S/C20H34N6O4/c1-24(2)19(28)15-23-20(22-7-6-17-5-4-13-30-17)26-11-9-25(10-12-26)16-18(27)21-8-14-29-3/h4-5,13H,6-12,14-16H2,1-3H3,(H,21,27)(H,22,23). The Balaban J connectivity index is 1.85. The molecule has 0 spiro atoms. The van der Waals surface area contributed by atoms with Gasteiger partial charge in [-0.05, 0) is 12.1 Å². The summed E-state index contributed by atoms with van der Waals surface area (Å²) >= 11 is 0. The molecule has 30 heavy (non-hydrogen) atoms. The molecule has 0 atom stereocenters. The lowest BCUT2D eigenvalue weighted by Crippen LogP contribution is -2.54. The van der Waals surface area contributed by atoms with Crippen LogP contribution >= 0.6 is 0 Å². The molecule has 0 bridgehead atoms. The number of likely N-dealkylation sites (N-methyl/N-ethyl adjacent to an activating group) is 1. The highest BCUT2D eigenvalue weighted by Crippen LogP contribution is 2.04. The second kappa shape index (κ2) is 12.9. The zero-order valence-corrected chi connectivity index (χ0v) is 18.2. The van der Waals surface area contributed by atoms with Crippen molar-refractivity contribution in [3.05, 3.63) is 24.2 Å². The summed E-state index contributed by atoms with van der Waals surface area (Å²) in [5.74, 6) is 1.56. The molecule has 1 aliphatic heterocycles. The van der Waals surface area contributed by atoms with E-state index in [0.29, 0.717) is 32.2 Å². The highest BCUT2D eigenvalue weighted by Gasteiger charge is 2.21. The molecule has 2 rings (SSSR count). The molecule has 1 saturated heterocycles. The van der Waals surface area contributed by atoms with Gasteiger partial charge in [0.2, 0.25) is 11.8 Å². The fourth-order valence-electron chi connectivity index (χ4n) is 2.97. The Kier molecular flexibility index (Phi) is 10.2. The summed E-state index contributed by atoms with van der Waals surface area (Å²) in [6.07, 6.45) is 2.39. The van der Waals surface area contributed by atoms with Gasteiger partial charge in [0.05, 0.1) is 19.4 Å². The van der Waals surface area contributed by atoms with E-state index < -0.39 is 0 Å². The van der Waals surface area contributed by atoms with E-state index in [1.54, 1.807) is 27.5 Å². The first-order valence-corrected chi connectivity index (χ1v) is 10.2. The van der Waals surface area contributed by atoms with Crippen LogP contribution in [0.1, 0.15) is 5.76 Å². The van der Waals surface area contributed by atoms with Gasteiger partial charge in [-0.25, -0.2) is 4.99 Å². The number of hydrogen-bond donors (Lipinski definition) is 2. The van der Waals surface area contributed by atoms with E-state index in [0.717, 1.165) is 38.4 Å². The van der Waals surface area contributed by atoms with E-state index in [4.69, 9.17) is 9.15 Å². The third kappa shape index (κ3) is 8.42. The van der Waals surface area contributed by atoms with Gasteiger partial charge in [0, 0.05) is 66.9 Å². The molecule has 1 fully saturated rings. The summed E-state index contributed by atoms with van der Waals surface area (Å²) < 4.78 is 10.3. The van der Waals surface area contributed by atoms with Gasteiger partial charge in [-0.15, -0.1) is 0 Å². The molecule has 2 N–H and O–H groups in total. The van der Waals surface area contributed by atoms with Crippen molar-refractivity contribution in [1.29, 1.82) is 0 Å². The van der Waals surface area contributed by atoms with Gasteiger partial charge in [-0.3, -0.25) is 14.5 Å². The number of ether oxygens (including phenoxy) is 1. The molecule has 0 aliphatic carbocycles. The molecule has 1 aromatic heterocycles. The Morgan fingerprint density at radius 1 is 1.20 bits per heavy atom. The fourth-order valence-corrected chi connectivity index (χ4v) is 2.97. The first kappa shape index (κ1) is 23.7. The maximum atomic E-state index is 12.0. The van der Waals surface area contributed by atoms with Crippen molar-refractivity contribution >= 4 is 17.8 Å². The maximum absolute atomic E-state index is 12.0. The second-order valence-electron chi connectivity index (χ2n) is 7.29. The van der Waals surface area contributed by atoms with Gasteiger partial charge < -0.3 is 29.6 Å². The fraction of sp³-hybridized carbons (Fsp3) is 0.650.